The summed E-state index contributed by atoms with van der Waals surface area (Å²) >= 11 is 0. The maximum Gasteiger partial charge on any atom is 0.228 e. The maximum absolute atomic E-state index is 13.2. The Hall–Kier alpha value is -2.16. The molecule has 4 N–H and O–H groups in total. The molecule has 1 aromatic carbocycles. The fourth-order valence-corrected chi connectivity index (χ4v) is 3.87. The average molecular weight is 315 g/mol. The number of halogens is 1. The summed E-state index contributed by atoms with van der Waals surface area (Å²) in [4.78, 5) is 12.0. The molecule has 21 heavy (non-hydrogen) atoms. The molecule has 1 atom stereocenters. The lowest BCUT2D eigenvalue weighted by molar-refractivity contribution is -0.119. The van der Waals surface area contributed by atoms with E-state index in [-0.39, 0.29) is 35.0 Å². The number of hydrogen-bond donors (Lipinski definition) is 3. The van der Waals surface area contributed by atoms with Crippen LogP contribution in [0.4, 0.5) is 10.1 Å². The van der Waals surface area contributed by atoms with E-state index in [4.69, 9.17) is 10.9 Å². The van der Waals surface area contributed by atoms with Gasteiger partial charge in [-0.05, 0) is 24.6 Å². The molecular formula is C12H14FN3O4S. The first-order chi connectivity index (χ1) is 9.82. The summed E-state index contributed by atoms with van der Waals surface area (Å²) in [6, 6.07) is 3.38. The molecule has 1 aromatic rings. The van der Waals surface area contributed by atoms with E-state index in [2.05, 4.69) is 10.5 Å². The van der Waals surface area contributed by atoms with Crippen molar-refractivity contribution in [3.05, 3.63) is 29.6 Å². The van der Waals surface area contributed by atoms with Crippen LogP contribution in [0.5, 0.6) is 0 Å². The van der Waals surface area contributed by atoms with Gasteiger partial charge in [-0.25, -0.2) is 12.8 Å². The predicted octanol–water partition coefficient (Wildman–Crippen LogP) is 0.293. The number of nitrogens with zero attached hydrogens (tertiary/aromatic N) is 1. The summed E-state index contributed by atoms with van der Waals surface area (Å²) < 4.78 is 35.9. The van der Waals surface area contributed by atoms with E-state index in [1.54, 1.807) is 0 Å². The molecule has 7 nitrogen and oxygen atoms in total. The molecule has 1 unspecified atom stereocenters. The molecule has 9 heteroatoms. The van der Waals surface area contributed by atoms with Crippen molar-refractivity contribution < 1.29 is 22.8 Å². The van der Waals surface area contributed by atoms with Crippen LogP contribution in [0.1, 0.15) is 12.0 Å². The zero-order valence-electron chi connectivity index (χ0n) is 10.9. The third kappa shape index (κ3) is 3.48. The molecule has 0 saturated carbocycles. The lowest BCUT2D eigenvalue weighted by Gasteiger charge is -2.13. The molecule has 1 fully saturated rings. The van der Waals surface area contributed by atoms with Crippen LogP contribution in [-0.2, 0) is 14.6 Å². The van der Waals surface area contributed by atoms with Crippen LogP contribution in [0.25, 0.3) is 0 Å². The van der Waals surface area contributed by atoms with E-state index < -0.39 is 27.5 Å². The SMILES string of the molecule is N/C(=N/O)c1cc(F)ccc1NC(=O)C1CCS(=O)(=O)C1. The van der Waals surface area contributed by atoms with Crippen LogP contribution in [0.2, 0.25) is 0 Å². The molecule has 1 amide bonds. The summed E-state index contributed by atoms with van der Waals surface area (Å²) in [5, 5.41) is 13.9. The summed E-state index contributed by atoms with van der Waals surface area (Å²) in [6.45, 7) is 0. The number of nitrogens with two attached hydrogens (primary N) is 1. The second-order valence-electron chi connectivity index (χ2n) is 4.76. The molecule has 1 aliphatic heterocycles. The largest absolute Gasteiger partial charge is 0.409 e. The van der Waals surface area contributed by atoms with Crippen molar-refractivity contribution in [3.63, 3.8) is 0 Å². The van der Waals surface area contributed by atoms with E-state index in [0.717, 1.165) is 12.1 Å². The van der Waals surface area contributed by atoms with Gasteiger partial charge in [-0.1, -0.05) is 5.16 Å². The number of oxime groups is 1. The van der Waals surface area contributed by atoms with Crippen LogP contribution >= 0.6 is 0 Å². The van der Waals surface area contributed by atoms with Gasteiger partial charge in [-0.2, -0.15) is 0 Å². The predicted molar refractivity (Wildman–Crippen MR) is 74.3 cm³/mol. The quantitative estimate of drug-likeness (QED) is 0.320. The monoisotopic (exact) mass is 315 g/mol. The minimum absolute atomic E-state index is 0.0201. The van der Waals surface area contributed by atoms with Crippen molar-refractivity contribution in [2.45, 2.75) is 6.42 Å². The fourth-order valence-electron chi connectivity index (χ4n) is 2.13. The van der Waals surface area contributed by atoms with Gasteiger partial charge in [-0.15, -0.1) is 0 Å². The summed E-state index contributed by atoms with van der Waals surface area (Å²) in [7, 11) is -3.18. The Bertz CT molecular complexity index is 702. The maximum atomic E-state index is 13.2. The van der Waals surface area contributed by atoms with Gasteiger partial charge in [0.2, 0.25) is 5.91 Å². The van der Waals surface area contributed by atoms with Gasteiger partial charge in [0.25, 0.3) is 0 Å². The highest BCUT2D eigenvalue weighted by Gasteiger charge is 2.33. The molecule has 1 heterocycles. The van der Waals surface area contributed by atoms with Crippen LogP contribution in [0.3, 0.4) is 0 Å². The number of anilines is 1. The fraction of sp³-hybridized carbons (Fsp3) is 0.333. The number of carbonyl (C=O) groups is 1. The molecular weight excluding hydrogens is 301 g/mol. The number of carbonyl (C=O) groups excluding carboxylic acids is 1. The smallest absolute Gasteiger partial charge is 0.228 e. The van der Waals surface area contributed by atoms with Gasteiger partial charge in [0.05, 0.1) is 23.1 Å². The number of sulfone groups is 1. The van der Waals surface area contributed by atoms with E-state index in [9.17, 15) is 17.6 Å². The number of nitrogens with one attached hydrogen (secondary N) is 1. The number of hydrogen-bond acceptors (Lipinski definition) is 5. The summed E-state index contributed by atoms with van der Waals surface area (Å²) in [5.74, 6) is -2.35. The molecule has 0 aromatic heterocycles. The molecule has 114 valence electrons. The Kier molecular flexibility index (Phi) is 4.12. The Morgan fingerprint density at radius 1 is 1.48 bits per heavy atom. The number of amidine groups is 1. The highest BCUT2D eigenvalue weighted by atomic mass is 32.2. The van der Waals surface area contributed by atoms with Crippen LogP contribution in [-0.4, -0.2) is 36.9 Å². The van der Waals surface area contributed by atoms with Gasteiger partial charge < -0.3 is 16.3 Å². The molecule has 2 rings (SSSR count). The zero-order valence-corrected chi connectivity index (χ0v) is 11.7. The second-order valence-corrected chi connectivity index (χ2v) is 6.99. The van der Waals surface area contributed by atoms with Gasteiger partial charge in [0.15, 0.2) is 15.7 Å². The minimum Gasteiger partial charge on any atom is -0.409 e. The number of amides is 1. The minimum atomic E-state index is -3.18. The van der Waals surface area contributed by atoms with E-state index in [1.165, 1.54) is 6.07 Å². The Labute approximate surface area is 120 Å². The van der Waals surface area contributed by atoms with Crippen LogP contribution in [0.15, 0.2) is 23.4 Å². The number of benzene rings is 1. The zero-order chi connectivity index (χ0) is 15.6. The molecule has 0 aliphatic carbocycles. The standard InChI is InChI=1S/C12H14FN3O4S/c13-8-1-2-10(9(5-8)11(14)16-18)15-12(17)7-3-4-21(19,20)6-7/h1-2,5,7,18H,3-4,6H2,(H2,14,16)(H,15,17). The van der Waals surface area contributed by atoms with Crippen molar-refractivity contribution in [2.24, 2.45) is 16.8 Å². The van der Waals surface area contributed by atoms with Gasteiger partial charge in [0, 0.05) is 5.56 Å². The van der Waals surface area contributed by atoms with Crippen LogP contribution in [0, 0.1) is 11.7 Å². The van der Waals surface area contributed by atoms with E-state index in [1.807, 2.05) is 0 Å². The second kappa shape index (κ2) is 5.68. The summed E-state index contributed by atoms with van der Waals surface area (Å²) in [6.07, 6.45) is 0.244. The van der Waals surface area contributed by atoms with Gasteiger partial charge >= 0.3 is 0 Å². The average Bonchev–Trinajstić information content (AvgIpc) is 2.80. The van der Waals surface area contributed by atoms with E-state index >= 15 is 0 Å². The van der Waals surface area contributed by atoms with Gasteiger partial charge in [-0.3, -0.25) is 4.79 Å². The highest BCUT2D eigenvalue weighted by molar-refractivity contribution is 7.91. The van der Waals surface area contributed by atoms with Crippen molar-refractivity contribution >= 4 is 27.3 Å². The van der Waals surface area contributed by atoms with Gasteiger partial charge in [0.1, 0.15) is 5.82 Å². The number of rotatable bonds is 3. The topological polar surface area (TPSA) is 122 Å². The first-order valence-electron chi connectivity index (χ1n) is 6.11. The normalized spacial score (nSPS) is 21.2. The lowest BCUT2D eigenvalue weighted by atomic mass is 10.1. The van der Waals surface area contributed by atoms with Crippen molar-refractivity contribution in [1.29, 1.82) is 0 Å². The third-order valence-corrected chi connectivity index (χ3v) is 4.99. The van der Waals surface area contributed by atoms with Crippen molar-refractivity contribution in [1.82, 2.24) is 0 Å². The molecule has 0 bridgehead atoms. The first-order valence-corrected chi connectivity index (χ1v) is 7.93. The first kappa shape index (κ1) is 15.2. The van der Waals surface area contributed by atoms with Crippen molar-refractivity contribution in [3.8, 4) is 0 Å². The Morgan fingerprint density at radius 2 is 2.19 bits per heavy atom. The Balaban J connectivity index is 2.22. The molecule has 0 spiro atoms. The lowest BCUT2D eigenvalue weighted by Crippen LogP contribution is -2.26. The van der Waals surface area contributed by atoms with Crippen molar-refractivity contribution in [2.75, 3.05) is 16.8 Å². The molecule has 1 saturated heterocycles. The third-order valence-electron chi connectivity index (χ3n) is 3.23. The Morgan fingerprint density at radius 3 is 2.76 bits per heavy atom. The molecule has 0 radical (unpaired) electrons. The van der Waals surface area contributed by atoms with E-state index in [0.29, 0.717) is 0 Å². The van der Waals surface area contributed by atoms with Crippen LogP contribution < -0.4 is 11.1 Å². The summed E-state index contributed by atoms with van der Waals surface area (Å²) in [5.41, 5.74) is 5.60. The molecule has 1 aliphatic rings. The highest BCUT2D eigenvalue weighted by Crippen LogP contribution is 2.22.